The minimum absolute atomic E-state index is 0.163. The average Bonchev–Trinajstić information content (AvgIpc) is 2.54. The Bertz CT molecular complexity index is 673. The zero-order valence-electron chi connectivity index (χ0n) is 12.9. The van der Waals surface area contributed by atoms with E-state index < -0.39 is 5.97 Å². The van der Waals surface area contributed by atoms with Crippen LogP contribution in [0.4, 0.5) is 5.69 Å². The van der Waals surface area contributed by atoms with Crippen molar-refractivity contribution in [2.45, 2.75) is 13.3 Å². The number of rotatable bonds is 6. The first-order valence-electron chi connectivity index (χ1n) is 7.36. The summed E-state index contributed by atoms with van der Waals surface area (Å²) in [7, 11) is 0. The molecular weight excluding hydrogens is 314 g/mol. The van der Waals surface area contributed by atoms with Crippen molar-refractivity contribution in [3.63, 3.8) is 0 Å². The molecule has 0 atom stereocenters. The molecule has 0 aliphatic rings. The van der Waals surface area contributed by atoms with E-state index in [1.807, 2.05) is 30.3 Å². The Morgan fingerprint density at radius 3 is 2.35 bits per heavy atom. The van der Waals surface area contributed by atoms with Crippen LogP contribution in [0.25, 0.3) is 0 Å². The zero-order valence-corrected chi connectivity index (χ0v) is 13.6. The second kappa shape index (κ2) is 8.34. The minimum Gasteiger partial charge on any atom is -0.465 e. The minimum atomic E-state index is -0.464. The van der Waals surface area contributed by atoms with E-state index in [1.54, 1.807) is 31.2 Å². The number of halogens is 1. The summed E-state index contributed by atoms with van der Waals surface area (Å²) in [5.74, 6) is -0.675. The first kappa shape index (κ1) is 17.0. The summed E-state index contributed by atoms with van der Waals surface area (Å²) in [4.78, 5) is 25.9. The summed E-state index contributed by atoms with van der Waals surface area (Å²) in [5, 5.41) is 0.415. The Balaban J connectivity index is 2.24. The maximum atomic E-state index is 12.7. The lowest BCUT2D eigenvalue weighted by Gasteiger charge is -2.23. The summed E-state index contributed by atoms with van der Waals surface area (Å²) in [5.41, 5.74) is 1.38. The lowest BCUT2D eigenvalue weighted by molar-refractivity contribution is -0.142. The SMILES string of the molecule is CCOC(=O)CN(C(=O)Cc1ccccc1)c1ccccc1Cl. The second-order valence-corrected chi connectivity index (χ2v) is 5.31. The molecule has 1 amide bonds. The number of anilines is 1. The van der Waals surface area contributed by atoms with Gasteiger partial charge in [0, 0.05) is 0 Å². The van der Waals surface area contributed by atoms with Gasteiger partial charge in [-0.2, -0.15) is 0 Å². The molecule has 0 saturated carbocycles. The van der Waals surface area contributed by atoms with E-state index in [0.29, 0.717) is 10.7 Å². The first-order valence-corrected chi connectivity index (χ1v) is 7.74. The quantitative estimate of drug-likeness (QED) is 0.761. The standard InChI is InChI=1S/C18H18ClNO3/c1-2-23-18(22)13-20(16-11-7-6-10-15(16)19)17(21)12-14-8-4-3-5-9-14/h3-11H,2,12-13H2,1H3. The van der Waals surface area contributed by atoms with Gasteiger partial charge in [-0.05, 0) is 24.6 Å². The largest absolute Gasteiger partial charge is 0.465 e. The molecule has 0 aromatic heterocycles. The van der Waals surface area contributed by atoms with Gasteiger partial charge in [-0.3, -0.25) is 14.5 Å². The van der Waals surface area contributed by atoms with Gasteiger partial charge in [-0.25, -0.2) is 0 Å². The monoisotopic (exact) mass is 331 g/mol. The van der Waals surface area contributed by atoms with Crippen molar-refractivity contribution in [2.75, 3.05) is 18.1 Å². The molecule has 0 aliphatic carbocycles. The number of ether oxygens (including phenoxy) is 1. The third-order valence-corrected chi connectivity index (χ3v) is 3.55. The topological polar surface area (TPSA) is 46.6 Å². The second-order valence-electron chi connectivity index (χ2n) is 4.90. The van der Waals surface area contributed by atoms with E-state index in [-0.39, 0.29) is 25.5 Å². The molecule has 0 heterocycles. The van der Waals surface area contributed by atoms with Crippen LogP contribution in [0, 0.1) is 0 Å². The normalized spacial score (nSPS) is 10.2. The van der Waals surface area contributed by atoms with Gasteiger partial charge >= 0.3 is 5.97 Å². The van der Waals surface area contributed by atoms with Crippen LogP contribution in [0.3, 0.4) is 0 Å². The molecule has 0 fully saturated rings. The number of esters is 1. The van der Waals surface area contributed by atoms with Crippen molar-refractivity contribution in [3.05, 3.63) is 65.2 Å². The van der Waals surface area contributed by atoms with Crippen molar-refractivity contribution in [2.24, 2.45) is 0 Å². The van der Waals surface area contributed by atoms with Crippen molar-refractivity contribution in [3.8, 4) is 0 Å². The summed E-state index contributed by atoms with van der Waals surface area (Å²) in [6.45, 7) is 1.83. The van der Waals surface area contributed by atoms with Crippen molar-refractivity contribution in [1.29, 1.82) is 0 Å². The lowest BCUT2D eigenvalue weighted by atomic mass is 10.1. The Kier molecular flexibility index (Phi) is 6.18. The van der Waals surface area contributed by atoms with Gasteiger partial charge < -0.3 is 4.74 Å². The molecule has 120 valence electrons. The fraction of sp³-hybridized carbons (Fsp3) is 0.222. The molecule has 0 unspecified atom stereocenters. The van der Waals surface area contributed by atoms with Crippen LogP contribution < -0.4 is 4.90 Å². The van der Waals surface area contributed by atoms with E-state index in [4.69, 9.17) is 16.3 Å². The summed E-state index contributed by atoms with van der Waals surface area (Å²) >= 11 is 6.18. The molecule has 4 nitrogen and oxygen atoms in total. The van der Waals surface area contributed by atoms with Gasteiger partial charge in [-0.15, -0.1) is 0 Å². The zero-order chi connectivity index (χ0) is 16.7. The van der Waals surface area contributed by atoms with Crippen molar-refractivity contribution >= 4 is 29.2 Å². The van der Waals surface area contributed by atoms with E-state index in [0.717, 1.165) is 5.56 Å². The number of carbonyl (C=O) groups is 2. The summed E-state index contributed by atoms with van der Waals surface area (Å²) in [6.07, 6.45) is 0.186. The van der Waals surface area contributed by atoms with Gasteiger partial charge in [0.25, 0.3) is 0 Å². The average molecular weight is 332 g/mol. The first-order chi connectivity index (χ1) is 11.1. The fourth-order valence-corrected chi connectivity index (χ4v) is 2.42. The molecule has 0 aliphatic heterocycles. The molecule has 23 heavy (non-hydrogen) atoms. The highest BCUT2D eigenvalue weighted by Gasteiger charge is 2.21. The molecule has 0 spiro atoms. The molecular formula is C18H18ClNO3. The number of hydrogen-bond acceptors (Lipinski definition) is 3. The number of benzene rings is 2. The Labute approximate surface area is 140 Å². The van der Waals surface area contributed by atoms with Crippen LogP contribution in [0.5, 0.6) is 0 Å². The molecule has 2 aromatic rings. The van der Waals surface area contributed by atoms with Gasteiger partial charge in [0.2, 0.25) is 5.91 Å². The van der Waals surface area contributed by atoms with Crippen LogP contribution in [0.1, 0.15) is 12.5 Å². The van der Waals surface area contributed by atoms with E-state index >= 15 is 0 Å². The van der Waals surface area contributed by atoms with Gasteiger partial charge in [0.15, 0.2) is 0 Å². The lowest BCUT2D eigenvalue weighted by Crippen LogP contribution is -2.37. The van der Waals surface area contributed by atoms with Crippen molar-refractivity contribution < 1.29 is 14.3 Å². The third-order valence-electron chi connectivity index (χ3n) is 3.24. The molecule has 2 aromatic carbocycles. The highest BCUT2D eigenvalue weighted by molar-refractivity contribution is 6.33. The smallest absolute Gasteiger partial charge is 0.326 e. The number of para-hydroxylation sites is 1. The molecule has 2 rings (SSSR count). The Morgan fingerprint density at radius 2 is 1.70 bits per heavy atom. The number of amides is 1. The number of hydrogen-bond donors (Lipinski definition) is 0. The predicted octanol–water partition coefficient (Wildman–Crippen LogP) is 3.48. The highest BCUT2D eigenvalue weighted by atomic mass is 35.5. The van der Waals surface area contributed by atoms with Gasteiger partial charge in [-0.1, -0.05) is 54.1 Å². The van der Waals surface area contributed by atoms with Gasteiger partial charge in [0.1, 0.15) is 6.54 Å². The Morgan fingerprint density at radius 1 is 1.04 bits per heavy atom. The molecule has 0 radical (unpaired) electrons. The van der Waals surface area contributed by atoms with Gasteiger partial charge in [0.05, 0.1) is 23.7 Å². The maximum absolute atomic E-state index is 12.7. The van der Waals surface area contributed by atoms with E-state index in [1.165, 1.54) is 4.90 Å². The fourth-order valence-electron chi connectivity index (χ4n) is 2.18. The maximum Gasteiger partial charge on any atom is 0.326 e. The van der Waals surface area contributed by atoms with Crippen LogP contribution in [-0.4, -0.2) is 25.0 Å². The van der Waals surface area contributed by atoms with Crippen LogP contribution in [0.2, 0.25) is 5.02 Å². The third kappa shape index (κ3) is 4.83. The summed E-state index contributed by atoms with van der Waals surface area (Å²) in [6, 6.07) is 16.3. The number of nitrogens with zero attached hydrogens (tertiary/aromatic N) is 1. The van der Waals surface area contributed by atoms with E-state index in [2.05, 4.69) is 0 Å². The Hall–Kier alpha value is -2.33. The van der Waals surface area contributed by atoms with Crippen LogP contribution >= 0.6 is 11.6 Å². The number of carbonyl (C=O) groups excluding carboxylic acids is 2. The highest BCUT2D eigenvalue weighted by Crippen LogP contribution is 2.26. The molecule has 0 bridgehead atoms. The predicted molar refractivity (Wildman–Crippen MR) is 90.6 cm³/mol. The molecule has 0 saturated heterocycles. The molecule has 0 N–H and O–H groups in total. The van der Waals surface area contributed by atoms with Crippen LogP contribution in [-0.2, 0) is 20.7 Å². The van der Waals surface area contributed by atoms with Crippen LogP contribution in [0.15, 0.2) is 54.6 Å². The van der Waals surface area contributed by atoms with Crippen molar-refractivity contribution in [1.82, 2.24) is 0 Å². The summed E-state index contributed by atoms with van der Waals surface area (Å²) < 4.78 is 4.96. The van der Waals surface area contributed by atoms with E-state index in [9.17, 15) is 9.59 Å². The molecule has 5 heteroatoms.